The van der Waals surface area contributed by atoms with E-state index in [-0.39, 0.29) is 0 Å². The number of ether oxygens (including phenoxy) is 1. The van der Waals surface area contributed by atoms with Crippen LogP contribution in [0.1, 0.15) is 0 Å². The van der Waals surface area contributed by atoms with Gasteiger partial charge in [-0.25, -0.2) is 4.98 Å². The number of hydrogen-bond donors (Lipinski definition) is 0. The van der Waals surface area contributed by atoms with E-state index >= 15 is 0 Å². The van der Waals surface area contributed by atoms with Gasteiger partial charge in [0.2, 0.25) is 0 Å². The molecule has 36 heavy (non-hydrogen) atoms. The van der Waals surface area contributed by atoms with Crippen LogP contribution in [0, 0.1) is 0 Å². The Hall–Kier alpha value is -4.41. The van der Waals surface area contributed by atoms with Crippen molar-refractivity contribution in [1.29, 1.82) is 0 Å². The van der Waals surface area contributed by atoms with E-state index in [1.165, 1.54) is 52.8 Å². The fourth-order valence-corrected chi connectivity index (χ4v) is 6.81. The summed E-state index contributed by atoms with van der Waals surface area (Å²) >= 11 is 1.83. The number of hydrogen-bond acceptors (Lipinski definition) is 3. The summed E-state index contributed by atoms with van der Waals surface area (Å²) in [5, 5.41) is 7.50. The number of aromatic nitrogens is 2. The van der Waals surface area contributed by atoms with Gasteiger partial charge in [0.1, 0.15) is 5.75 Å². The summed E-state index contributed by atoms with van der Waals surface area (Å²) in [6, 6.07) is 34.6. The van der Waals surface area contributed by atoms with Crippen LogP contribution in [-0.2, 0) is 0 Å². The lowest BCUT2D eigenvalue weighted by Crippen LogP contribution is -1.87. The highest BCUT2D eigenvalue weighted by atomic mass is 32.1. The third kappa shape index (κ3) is 2.70. The zero-order chi connectivity index (χ0) is 23.8. The van der Waals surface area contributed by atoms with Crippen molar-refractivity contribution in [2.75, 3.05) is 7.11 Å². The van der Waals surface area contributed by atoms with Gasteiger partial charge in [-0.1, -0.05) is 60.7 Å². The molecule has 3 aromatic heterocycles. The zero-order valence-corrected chi connectivity index (χ0v) is 20.3. The lowest BCUT2D eigenvalue weighted by atomic mass is 9.93. The maximum Gasteiger partial charge on any atom is 0.156 e. The van der Waals surface area contributed by atoms with Gasteiger partial charge in [-0.3, -0.25) is 4.40 Å². The first-order chi connectivity index (χ1) is 17.8. The number of imidazole rings is 1. The molecule has 0 aliphatic carbocycles. The van der Waals surface area contributed by atoms with Crippen LogP contribution in [0.25, 0.3) is 69.5 Å². The molecule has 0 aliphatic heterocycles. The summed E-state index contributed by atoms with van der Waals surface area (Å²) in [4.78, 5) is 5.14. The summed E-state index contributed by atoms with van der Waals surface area (Å²) in [7, 11) is 1.71. The second-order valence-electron chi connectivity index (χ2n) is 9.23. The molecular formula is C32H20N2OS. The Morgan fingerprint density at radius 3 is 2.31 bits per heavy atom. The van der Waals surface area contributed by atoms with Crippen molar-refractivity contribution in [3.63, 3.8) is 0 Å². The summed E-state index contributed by atoms with van der Waals surface area (Å²) < 4.78 is 10.2. The molecule has 0 atom stereocenters. The predicted molar refractivity (Wildman–Crippen MR) is 153 cm³/mol. The van der Waals surface area contributed by atoms with E-state index in [0.717, 1.165) is 22.4 Å². The first kappa shape index (κ1) is 19.8. The van der Waals surface area contributed by atoms with Gasteiger partial charge in [-0.05, 0) is 69.1 Å². The Labute approximate surface area is 210 Å². The van der Waals surface area contributed by atoms with Crippen molar-refractivity contribution in [3.8, 4) is 16.9 Å². The van der Waals surface area contributed by atoms with E-state index in [4.69, 9.17) is 9.72 Å². The monoisotopic (exact) mass is 480 g/mol. The molecule has 0 bridgehead atoms. The topological polar surface area (TPSA) is 26.5 Å². The number of rotatable bonds is 2. The van der Waals surface area contributed by atoms with E-state index in [9.17, 15) is 0 Å². The standard InChI is InChI=1S/C32H20N2OS/c1-35-23-12-10-19(11-13-23)29-24-9-5-4-8-22(24)18-28-30(29)25-14-15-34-27-17-21-7-3-2-6-20(21)16-26(27)33-32(34)31(25)36-28/h2-18H,1H3. The van der Waals surface area contributed by atoms with E-state index in [2.05, 4.69) is 95.5 Å². The van der Waals surface area contributed by atoms with E-state index in [1.54, 1.807) is 7.11 Å². The highest BCUT2D eigenvalue weighted by Gasteiger charge is 2.18. The van der Waals surface area contributed by atoms with Crippen molar-refractivity contribution in [3.05, 3.63) is 103 Å². The van der Waals surface area contributed by atoms with Gasteiger partial charge in [-0.2, -0.15) is 0 Å². The third-order valence-electron chi connectivity index (χ3n) is 7.27. The average Bonchev–Trinajstić information content (AvgIpc) is 3.48. The SMILES string of the molecule is COc1ccc(-c2c3ccccc3cc3sc4c(ccn5c6cc7ccccc7cc6nc45)c23)cc1. The van der Waals surface area contributed by atoms with Gasteiger partial charge in [0.15, 0.2) is 5.65 Å². The van der Waals surface area contributed by atoms with Crippen molar-refractivity contribution < 1.29 is 4.74 Å². The quantitative estimate of drug-likeness (QED) is 0.247. The van der Waals surface area contributed by atoms with Crippen LogP contribution < -0.4 is 4.74 Å². The number of methoxy groups -OCH3 is 1. The smallest absolute Gasteiger partial charge is 0.156 e. The highest BCUT2D eigenvalue weighted by molar-refractivity contribution is 7.26. The maximum atomic E-state index is 5.43. The molecule has 4 heteroatoms. The fraction of sp³-hybridized carbons (Fsp3) is 0.0312. The van der Waals surface area contributed by atoms with Crippen LogP contribution >= 0.6 is 11.3 Å². The third-order valence-corrected chi connectivity index (χ3v) is 8.42. The van der Waals surface area contributed by atoms with E-state index in [1.807, 2.05) is 23.5 Å². The Kier molecular flexibility index (Phi) is 4.02. The van der Waals surface area contributed by atoms with Crippen molar-refractivity contribution in [1.82, 2.24) is 9.38 Å². The van der Waals surface area contributed by atoms with Crippen LogP contribution in [0.5, 0.6) is 5.75 Å². The van der Waals surface area contributed by atoms with Crippen LogP contribution in [0.2, 0.25) is 0 Å². The maximum absolute atomic E-state index is 5.43. The molecule has 0 unspecified atom stereocenters. The fourth-order valence-electron chi connectivity index (χ4n) is 5.57. The molecule has 0 radical (unpaired) electrons. The molecule has 0 spiro atoms. The number of fused-ring (bicyclic) bond motifs is 9. The molecule has 0 N–H and O–H groups in total. The molecule has 5 aromatic carbocycles. The normalized spacial score (nSPS) is 12.0. The molecule has 0 saturated heterocycles. The molecule has 0 fully saturated rings. The molecule has 0 aliphatic rings. The molecule has 3 nitrogen and oxygen atoms in total. The first-order valence-corrected chi connectivity index (χ1v) is 12.8. The Morgan fingerprint density at radius 1 is 0.750 bits per heavy atom. The van der Waals surface area contributed by atoms with Crippen molar-refractivity contribution >= 4 is 69.7 Å². The molecule has 8 aromatic rings. The van der Waals surface area contributed by atoms with E-state index in [0.29, 0.717) is 0 Å². The van der Waals surface area contributed by atoms with Crippen LogP contribution in [0.4, 0.5) is 0 Å². The number of pyridine rings is 1. The summed E-state index contributed by atoms with van der Waals surface area (Å²) in [5.41, 5.74) is 5.65. The number of thiophene rings is 1. The molecule has 0 amide bonds. The van der Waals surface area contributed by atoms with Crippen molar-refractivity contribution in [2.45, 2.75) is 0 Å². The van der Waals surface area contributed by atoms with Gasteiger partial charge in [-0.15, -0.1) is 11.3 Å². The lowest BCUT2D eigenvalue weighted by molar-refractivity contribution is 0.415. The molecule has 170 valence electrons. The van der Waals surface area contributed by atoms with Crippen molar-refractivity contribution in [2.24, 2.45) is 0 Å². The van der Waals surface area contributed by atoms with E-state index < -0.39 is 0 Å². The molecule has 0 saturated carbocycles. The van der Waals surface area contributed by atoms with Crippen LogP contribution in [0.15, 0.2) is 103 Å². The predicted octanol–water partition coefficient (Wildman–Crippen LogP) is 8.84. The number of nitrogens with zero attached hydrogens (tertiary/aromatic N) is 2. The van der Waals surface area contributed by atoms with Crippen LogP contribution in [0.3, 0.4) is 0 Å². The molecular weight excluding hydrogens is 460 g/mol. The van der Waals surface area contributed by atoms with Gasteiger partial charge in [0, 0.05) is 21.7 Å². The summed E-state index contributed by atoms with van der Waals surface area (Å²) in [6.07, 6.45) is 2.18. The second-order valence-corrected chi connectivity index (χ2v) is 10.3. The Bertz CT molecular complexity index is 2130. The average molecular weight is 481 g/mol. The van der Waals surface area contributed by atoms with Gasteiger partial charge < -0.3 is 4.74 Å². The largest absolute Gasteiger partial charge is 0.497 e. The van der Waals surface area contributed by atoms with Gasteiger partial charge in [0.25, 0.3) is 0 Å². The lowest BCUT2D eigenvalue weighted by Gasteiger charge is -2.11. The summed E-state index contributed by atoms with van der Waals surface area (Å²) in [5.74, 6) is 0.864. The Balaban J connectivity index is 1.52. The minimum Gasteiger partial charge on any atom is -0.497 e. The molecule has 8 rings (SSSR count). The van der Waals surface area contributed by atoms with Gasteiger partial charge >= 0.3 is 0 Å². The highest BCUT2D eigenvalue weighted by Crippen LogP contribution is 2.45. The minimum absolute atomic E-state index is 0.864. The second kappa shape index (κ2) is 7.30. The molecule has 3 heterocycles. The minimum atomic E-state index is 0.864. The van der Waals surface area contributed by atoms with Crippen LogP contribution in [-0.4, -0.2) is 16.5 Å². The van der Waals surface area contributed by atoms with Gasteiger partial charge in [0.05, 0.1) is 22.8 Å². The Morgan fingerprint density at radius 2 is 1.50 bits per heavy atom. The zero-order valence-electron chi connectivity index (χ0n) is 19.5. The summed E-state index contributed by atoms with van der Waals surface area (Å²) in [6.45, 7) is 0. The number of benzene rings is 5. The first-order valence-electron chi connectivity index (χ1n) is 12.0.